The summed E-state index contributed by atoms with van der Waals surface area (Å²) in [5.74, 6) is -0.187. The van der Waals surface area contributed by atoms with Crippen molar-refractivity contribution in [3.8, 4) is 0 Å². The van der Waals surface area contributed by atoms with Crippen LogP contribution in [0.1, 0.15) is 16.7 Å². The normalized spacial score (nSPS) is 11.1. The second-order valence-corrected chi connectivity index (χ2v) is 5.08. The van der Waals surface area contributed by atoms with Gasteiger partial charge in [0, 0.05) is 12.7 Å². The first-order valence-electron chi connectivity index (χ1n) is 6.44. The van der Waals surface area contributed by atoms with Crippen molar-refractivity contribution in [3.63, 3.8) is 0 Å². The molecule has 0 spiro atoms. The fourth-order valence-corrected chi connectivity index (χ4v) is 2.45. The molecule has 2 heteroatoms. The van der Waals surface area contributed by atoms with Gasteiger partial charge in [0.15, 0.2) is 0 Å². The maximum absolute atomic E-state index is 13.4. The Balaban J connectivity index is 2.05. The van der Waals surface area contributed by atoms with E-state index in [1.54, 1.807) is 6.07 Å². The first-order valence-corrected chi connectivity index (χ1v) is 6.44. The molecule has 1 aromatic heterocycles. The number of fused-ring (bicyclic) bond motifs is 1. The van der Waals surface area contributed by atoms with E-state index in [0.29, 0.717) is 0 Å². The summed E-state index contributed by atoms with van der Waals surface area (Å²) < 4.78 is 15.5. The zero-order valence-electron chi connectivity index (χ0n) is 11.2. The molecule has 0 N–H and O–H groups in total. The average Bonchev–Trinajstić information content (AvgIpc) is 2.77. The molecule has 0 bridgehead atoms. The van der Waals surface area contributed by atoms with Crippen LogP contribution in [-0.4, -0.2) is 4.57 Å². The topological polar surface area (TPSA) is 4.93 Å². The minimum absolute atomic E-state index is 0.187. The van der Waals surface area contributed by atoms with Gasteiger partial charge in [-0.25, -0.2) is 4.39 Å². The average molecular weight is 253 g/mol. The van der Waals surface area contributed by atoms with E-state index in [4.69, 9.17) is 0 Å². The molecule has 0 atom stereocenters. The van der Waals surface area contributed by atoms with Crippen LogP contribution in [0.5, 0.6) is 0 Å². The SMILES string of the molecule is Cc1ccc(C)c(Cn2ccc3ccc(F)cc32)c1. The van der Waals surface area contributed by atoms with Crippen LogP contribution in [-0.2, 0) is 6.54 Å². The first-order chi connectivity index (χ1) is 9.13. The molecule has 2 aromatic carbocycles. The van der Waals surface area contributed by atoms with E-state index < -0.39 is 0 Å². The highest BCUT2D eigenvalue weighted by molar-refractivity contribution is 5.80. The van der Waals surface area contributed by atoms with Gasteiger partial charge in [-0.2, -0.15) is 0 Å². The molecule has 0 saturated carbocycles. The van der Waals surface area contributed by atoms with Crippen molar-refractivity contribution < 1.29 is 4.39 Å². The molecular weight excluding hydrogens is 237 g/mol. The Morgan fingerprint density at radius 1 is 1.00 bits per heavy atom. The van der Waals surface area contributed by atoms with Gasteiger partial charge in [0.1, 0.15) is 5.82 Å². The number of hydrogen-bond acceptors (Lipinski definition) is 0. The molecule has 0 aliphatic heterocycles. The van der Waals surface area contributed by atoms with Crippen LogP contribution in [0.25, 0.3) is 10.9 Å². The van der Waals surface area contributed by atoms with E-state index in [9.17, 15) is 4.39 Å². The van der Waals surface area contributed by atoms with Crippen molar-refractivity contribution in [3.05, 3.63) is 71.2 Å². The standard InChI is InChI=1S/C17H16FN/c1-12-3-4-13(2)15(9-12)11-19-8-7-14-5-6-16(18)10-17(14)19/h3-10H,11H2,1-2H3. The maximum Gasteiger partial charge on any atom is 0.125 e. The van der Waals surface area contributed by atoms with Crippen molar-refractivity contribution in [2.24, 2.45) is 0 Å². The van der Waals surface area contributed by atoms with E-state index in [1.807, 2.05) is 18.3 Å². The largest absolute Gasteiger partial charge is 0.343 e. The molecule has 0 aliphatic rings. The number of aryl methyl sites for hydroxylation is 2. The molecule has 0 aliphatic carbocycles. The lowest BCUT2D eigenvalue weighted by Gasteiger charge is -2.10. The van der Waals surface area contributed by atoms with Crippen LogP contribution in [0.4, 0.5) is 4.39 Å². The molecule has 0 unspecified atom stereocenters. The third-order valence-corrected chi connectivity index (χ3v) is 3.58. The minimum atomic E-state index is -0.187. The van der Waals surface area contributed by atoms with Crippen molar-refractivity contribution in [1.29, 1.82) is 0 Å². The van der Waals surface area contributed by atoms with Crippen LogP contribution in [0.15, 0.2) is 48.7 Å². The Hall–Kier alpha value is -2.09. The Morgan fingerprint density at radius 2 is 1.84 bits per heavy atom. The molecule has 0 radical (unpaired) electrons. The van der Waals surface area contributed by atoms with Gasteiger partial charge in [0.2, 0.25) is 0 Å². The number of benzene rings is 2. The first kappa shape index (κ1) is 12.0. The van der Waals surface area contributed by atoms with Gasteiger partial charge in [-0.15, -0.1) is 0 Å². The Kier molecular flexibility index (Phi) is 2.86. The summed E-state index contributed by atoms with van der Waals surface area (Å²) in [6, 6.07) is 13.4. The minimum Gasteiger partial charge on any atom is -0.343 e. The molecule has 0 saturated heterocycles. The Bertz CT molecular complexity index is 740. The molecular formula is C17H16FN. The predicted octanol–water partition coefficient (Wildman–Crippen LogP) is 4.45. The number of halogens is 1. The van der Waals surface area contributed by atoms with Crippen LogP contribution < -0.4 is 0 Å². The second-order valence-electron chi connectivity index (χ2n) is 5.08. The van der Waals surface area contributed by atoms with E-state index in [0.717, 1.165) is 17.4 Å². The number of rotatable bonds is 2. The summed E-state index contributed by atoms with van der Waals surface area (Å²) in [6.45, 7) is 4.98. The number of aromatic nitrogens is 1. The highest BCUT2D eigenvalue weighted by atomic mass is 19.1. The molecule has 1 nitrogen and oxygen atoms in total. The molecule has 0 amide bonds. The quantitative estimate of drug-likeness (QED) is 0.636. The van der Waals surface area contributed by atoms with Crippen LogP contribution in [0.3, 0.4) is 0 Å². The van der Waals surface area contributed by atoms with Gasteiger partial charge < -0.3 is 4.57 Å². The fourth-order valence-electron chi connectivity index (χ4n) is 2.45. The predicted molar refractivity (Wildman–Crippen MR) is 76.9 cm³/mol. The lowest BCUT2D eigenvalue weighted by Crippen LogP contribution is -2.00. The lowest BCUT2D eigenvalue weighted by atomic mass is 10.1. The van der Waals surface area contributed by atoms with Crippen molar-refractivity contribution in [2.75, 3.05) is 0 Å². The van der Waals surface area contributed by atoms with Crippen molar-refractivity contribution in [2.45, 2.75) is 20.4 Å². The van der Waals surface area contributed by atoms with E-state index in [2.05, 4.69) is 36.6 Å². The molecule has 3 aromatic rings. The van der Waals surface area contributed by atoms with Gasteiger partial charge in [0.05, 0.1) is 5.52 Å². The number of hydrogen-bond donors (Lipinski definition) is 0. The van der Waals surface area contributed by atoms with E-state index in [-0.39, 0.29) is 5.82 Å². The molecule has 96 valence electrons. The van der Waals surface area contributed by atoms with Crippen LogP contribution >= 0.6 is 0 Å². The molecule has 19 heavy (non-hydrogen) atoms. The smallest absolute Gasteiger partial charge is 0.125 e. The second kappa shape index (κ2) is 4.54. The van der Waals surface area contributed by atoms with E-state index >= 15 is 0 Å². The van der Waals surface area contributed by atoms with Gasteiger partial charge in [0.25, 0.3) is 0 Å². The third kappa shape index (κ3) is 2.26. The van der Waals surface area contributed by atoms with Gasteiger partial charge in [-0.05, 0) is 54.6 Å². The monoisotopic (exact) mass is 253 g/mol. The lowest BCUT2D eigenvalue weighted by molar-refractivity contribution is 0.628. The zero-order chi connectivity index (χ0) is 13.4. The van der Waals surface area contributed by atoms with Crippen molar-refractivity contribution in [1.82, 2.24) is 4.57 Å². The fraction of sp³-hybridized carbons (Fsp3) is 0.176. The maximum atomic E-state index is 13.4. The molecule has 0 fully saturated rings. The summed E-state index contributed by atoms with van der Waals surface area (Å²) in [7, 11) is 0. The summed E-state index contributed by atoms with van der Waals surface area (Å²) >= 11 is 0. The summed E-state index contributed by atoms with van der Waals surface area (Å²) in [6.07, 6.45) is 2.02. The summed E-state index contributed by atoms with van der Waals surface area (Å²) in [4.78, 5) is 0. The molecule has 3 rings (SSSR count). The Morgan fingerprint density at radius 3 is 2.68 bits per heavy atom. The highest BCUT2D eigenvalue weighted by Gasteiger charge is 2.05. The van der Waals surface area contributed by atoms with Crippen LogP contribution in [0, 0.1) is 19.7 Å². The third-order valence-electron chi connectivity index (χ3n) is 3.58. The zero-order valence-corrected chi connectivity index (χ0v) is 11.2. The summed E-state index contributed by atoms with van der Waals surface area (Å²) in [5.41, 5.74) is 4.75. The van der Waals surface area contributed by atoms with E-state index in [1.165, 1.54) is 22.8 Å². The Labute approximate surface area is 112 Å². The molecule has 1 heterocycles. The number of nitrogens with zero attached hydrogens (tertiary/aromatic N) is 1. The highest BCUT2D eigenvalue weighted by Crippen LogP contribution is 2.20. The summed E-state index contributed by atoms with van der Waals surface area (Å²) in [5, 5.41) is 1.08. The van der Waals surface area contributed by atoms with Crippen molar-refractivity contribution >= 4 is 10.9 Å². The van der Waals surface area contributed by atoms with Gasteiger partial charge >= 0.3 is 0 Å². The van der Waals surface area contributed by atoms with Crippen LogP contribution in [0.2, 0.25) is 0 Å². The van der Waals surface area contributed by atoms with Gasteiger partial charge in [-0.1, -0.05) is 23.8 Å². The van der Waals surface area contributed by atoms with Gasteiger partial charge in [-0.3, -0.25) is 0 Å².